The molecule has 5 aromatic carbocycles. The number of likely N-dealkylation sites (tertiary alicyclic amines) is 1. The molecular formula is C37H33N3O3. The number of hydrogen-bond acceptors (Lipinski definition) is 4. The van der Waals surface area contributed by atoms with Crippen molar-refractivity contribution in [3.05, 3.63) is 120 Å². The van der Waals surface area contributed by atoms with Crippen LogP contribution in [-0.2, 0) is 10.2 Å². The Kier molecular flexibility index (Phi) is 6.82. The number of urea groups is 1. The van der Waals surface area contributed by atoms with Crippen molar-refractivity contribution in [2.24, 2.45) is 0 Å². The number of carbonyl (C=O) groups excluding carboxylic acids is 2. The minimum atomic E-state index is -0.427. The number of nitrogens with zero attached hydrogens (tertiary/aromatic N) is 1. The fourth-order valence-electron chi connectivity index (χ4n) is 6.62. The minimum absolute atomic E-state index is 0.00415. The highest BCUT2D eigenvalue weighted by molar-refractivity contribution is 5.97. The number of methoxy groups -OCH3 is 1. The fraction of sp³-hybridized carbons (Fsp3) is 0.189. The molecule has 2 heterocycles. The van der Waals surface area contributed by atoms with E-state index in [0.29, 0.717) is 24.3 Å². The van der Waals surface area contributed by atoms with E-state index in [-0.39, 0.29) is 11.4 Å². The molecule has 1 saturated heterocycles. The Morgan fingerprint density at radius 1 is 0.791 bits per heavy atom. The maximum absolute atomic E-state index is 13.1. The first-order valence-electron chi connectivity index (χ1n) is 14.7. The van der Waals surface area contributed by atoms with Crippen LogP contribution >= 0.6 is 0 Å². The van der Waals surface area contributed by atoms with E-state index in [1.807, 2.05) is 4.90 Å². The number of esters is 1. The molecule has 1 fully saturated rings. The van der Waals surface area contributed by atoms with Gasteiger partial charge in [-0.05, 0) is 81.8 Å². The van der Waals surface area contributed by atoms with Crippen molar-refractivity contribution in [2.45, 2.75) is 18.3 Å². The second kappa shape index (κ2) is 11.0. The number of nitrogens with one attached hydrogen (secondary N) is 2. The van der Waals surface area contributed by atoms with Crippen molar-refractivity contribution in [1.82, 2.24) is 4.90 Å². The Hall–Kier alpha value is -5.10. The average Bonchev–Trinajstić information content (AvgIpc) is 3.41. The molecule has 0 bridgehead atoms. The van der Waals surface area contributed by atoms with Crippen LogP contribution in [0.4, 0.5) is 16.2 Å². The molecule has 2 N–H and O–H groups in total. The van der Waals surface area contributed by atoms with Gasteiger partial charge in [0.15, 0.2) is 0 Å². The third-order valence-electron chi connectivity index (χ3n) is 9.07. The Bertz CT molecular complexity index is 1830. The van der Waals surface area contributed by atoms with E-state index in [0.717, 1.165) is 19.4 Å². The molecule has 43 heavy (non-hydrogen) atoms. The second-order valence-corrected chi connectivity index (χ2v) is 11.5. The highest BCUT2D eigenvalue weighted by atomic mass is 16.5. The molecule has 2 aliphatic rings. The van der Waals surface area contributed by atoms with Gasteiger partial charge in [-0.3, -0.25) is 0 Å². The van der Waals surface area contributed by atoms with Crippen molar-refractivity contribution >= 4 is 34.1 Å². The van der Waals surface area contributed by atoms with Crippen LogP contribution in [0.3, 0.4) is 0 Å². The van der Waals surface area contributed by atoms with Crippen molar-refractivity contribution in [3.63, 3.8) is 0 Å². The van der Waals surface area contributed by atoms with Gasteiger partial charge < -0.3 is 20.3 Å². The SMILES string of the molecule is COC(=O)c1cccc(NC(=O)N2CCC3(CC2)CNc2ccc(-c4ccc(-c5cccc6ccccc56)cc4)cc23)c1. The van der Waals surface area contributed by atoms with E-state index in [1.165, 1.54) is 51.4 Å². The summed E-state index contributed by atoms with van der Waals surface area (Å²) in [5.74, 6) is -0.427. The molecule has 0 aliphatic carbocycles. The van der Waals surface area contributed by atoms with Crippen LogP contribution in [0.1, 0.15) is 28.8 Å². The van der Waals surface area contributed by atoms with Crippen molar-refractivity contribution in [3.8, 4) is 22.3 Å². The summed E-state index contributed by atoms with van der Waals surface area (Å²) < 4.78 is 4.80. The summed E-state index contributed by atoms with van der Waals surface area (Å²) in [6, 6.07) is 37.3. The van der Waals surface area contributed by atoms with Gasteiger partial charge in [0.05, 0.1) is 12.7 Å². The van der Waals surface area contributed by atoms with Gasteiger partial charge >= 0.3 is 12.0 Å². The van der Waals surface area contributed by atoms with Crippen LogP contribution < -0.4 is 10.6 Å². The number of benzene rings is 5. The van der Waals surface area contributed by atoms with Crippen molar-refractivity contribution in [2.75, 3.05) is 37.4 Å². The number of carbonyl (C=O) groups is 2. The zero-order valence-corrected chi connectivity index (χ0v) is 24.1. The smallest absolute Gasteiger partial charge is 0.337 e. The number of ether oxygens (including phenoxy) is 1. The van der Waals surface area contributed by atoms with E-state index in [4.69, 9.17) is 4.74 Å². The average molecular weight is 568 g/mol. The Morgan fingerprint density at radius 2 is 1.51 bits per heavy atom. The van der Waals surface area contributed by atoms with E-state index >= 15 is 0 Å². The van der Waals surface area contributed by atoms with E-state index in [2.05, 4.69) is 95.6 Å². The molecule has 0 atom stereocenters. The summed E-state index contributed by atoms with van der Waals surface area (Å²) in [4.78, 5) is 26.8. The fourth-order valence-corrected chi connectivity index (χ4v) is 6.62. The van der Waals surface area contributed by atoms with Gasteiger partial charge in [0, 0.05) is 36.4 Å². The monoisotopic (exact) mass is 567 g/mol. The zero-order valence-electron chi connectivity index (χ0n) is 24.1. The van der Waals surface area contributed by atoms with E-state index < -0.39 is 5.97 Å². The largest absolute Gasteiger partial charge is 0.465 e. The molecule has 2 amide bonds. The van der Waals surface area contributed by atoms with Crippen molar-refractivity contribution in [1.29, 1.82) is 0 Å². The van der Waals surface area contributed by atoms with Crippen LogP contribution in [0.25, 0.3) is 33.0 Å². The number of piperidine rings is 1. The first-order chi connectivity index (χ1) is 21.0. The number of amides is 2. The molecule has 0 saturated carbocycles. The Labute approximate surface area is 251 Å². The predicted octanol–water partition coefficient (Wildman–Crippen LogP) is 7.95. The molecular weight excluding hydrogens is 534 g/mol. The van der Waals surface area contributed by atoms with Gasteiger partial charge in [-0.25, -0.2) is 9.59 Å². The quantitative estimate of drug-likeness (QED) is 0.216. The van der Waals surface area contributed by atoms with Crippen LogP contribution in [0, 0.1) is 0 Å². The van der Waals surface area contributed by atoms with E-state index in [1.54, 1.807) is 24.3 Å². The van der Waals surface area contributed by atoms with Gasteiger partial charge in [-0.15, -0.1) is 0 Å². The molecule has 1 spiro atoms. The molecule has 6 nitrogen and oxygen atoms in total. The van der Waals surface area contributed by atoms with Crippen LogP contribution in [0.2, 0.25) is 0 Å². The maximum Gasteiger partial charge on any atom is 0.337 e. The van der Waals surface area contributed by atoms with Gasteiger partial charge in [0.1, 0.15) is 0 Å². The molecule has 214 valence electrons. The molecule has 5 aromatic rings. The normalized spacial score (nSPS) is 15.1. The molecule has 6 heteroatoms. The van der Waals surface area contributed by atoms with Crippen LogP contribution in [0.5, 0.6) is 0 Å². The molecule has 0 aromatic heterocycles. The lowest BCUT2D eigenvalue weighted by atomic mass is 9.74. The van der Waals surface area contributed by atoms with Crippen molar-refractivity contribution < 1.29 is 14.3 Å². The minimum Gasteiger partial charge on any atom is -0.465 e. The lowest BCUT2D eigenvalue weighted by Gasteiger charge is -2.39. The molecule has 7 rings (SSSR count). The summed E-state index contributed by atoms with van der Waals surface area (Å²) in [6.45, 7) is 2.20. The first-order valence-corrected chi connectivity index (χ1v) is 14.7. The lowest BCUT2D eigenvalue weighted by Crippen LogP contribution is -2.47. The lowest BCUT2D eigenvalue weighted by molar-refractivity contribution is 0.0600. The zero-order chi connectivity index (χ0) is 29.4. The standard InChI is InChI=1S/C37H33N3O3/c1-43-35(41)29-8-4-9-30(22-29)39-36(42)40-20-18-37(19-21-40)24-38-34-17-16-28(23-33(34)37)25-12-14-27(15-13-25)32-11-5-7-26-6-2-3-10-31(26)32/h2-17,22-23,38H,18-21,24H2,1H3,(H,39,42). The summed E-state index contributed by atoms with van der Waals surface area (Å²) in [6.07, 6.45) is 1.76. The second-order valence-electron chi connectivity index (χ2n) is 11.5. The first kappa shape index (κ1) is 26.8. The number of anilines is 2. The molecule has 0 radical (unpaired) electrons. The molecule has 0 unspecified atom stereocenters. The van der Waals surface area contributed by atoms with Gasteiger partial charge in [-0.1, -0.05) is 78.9 Å². The number of hydrogen-bond donors (Lipinski definition) is 2. The Balaban J connectivity index is 1.07. The summed E-state index contributed by atoms with van der Waals surface area (Å²) >= 11 is 0. The summed E-state index contributed by atoms with van der Waals surface area (Å²) in [7, 11) is 1.35. The highest BCUT2D eigenvalue weighted by Crippen LogP contribution is 2.45. The Morgan fingerprint density at radius 3 is 2.33 bits per heavy atom. The highest BCUT2D eigenvalue weighted by Gasteiger charge is 2.42. The summed E-state index contributed by atoms with van der Waals surface area (Å²) in [5.41, 5.74) is 8.37. The van der Waals surface area contributed by atoms with Crippen LogP contribution in [-0.4, -0.2) is 43.6 Å². The number of rotatable bonds is 4. The molecule has 2 aliphatic heterocycles. The third-order valence-corrected chi connectivity index (χ3v) is 9.07. The van der Waals surface area contributed by atoms with Crippen LogP contribution in [0.15, 0.2) is 109 Å². The predicted molar refractivity (Wildman–Crippen MR) is 173 cm³/mol. The topological polar surface area (TPSA) is 70.7 Å². The van der Waals surface area contributed by atoms with Gasteiger partial charge in [0.2, 0.25) is 0 Å². The van der Waals surface area contributed by atoms with Gasteiger partial charge in [-0.2, -0.15) is 0 Å². The third kappa shape index (κ3) is 4.99. The summed E-state index contributed by atoms with van der Waals surface area (Å²) in [5, 5.41) is 9.09. The number of fused-ring (bicyclic) bond motifs is 3. The van der Waals surface area contributed by atoms with Gasteiger partial charge in [0.25, 0.3) is 0 Å². The van der Waals surface area contributed by atoms with E-state index in [9.17, 15) is 9.59 Å². The maximum atomic E-state index is 13.1.